The molecule has 0 spiro atoms. The topological polar surface area (TPSA) is 51.4 Å². The molecule has 0 amide bonds. The predicted molar refractivity (Wildman–Crippen MR) is 90.9 cm³/mol. The molecule has 0 atom stereocenters. The summed E-state index contributed by atoms with van der Waals surface area (Å²) >= 11 is 7.44. The van der Waals surface area contributed by atoms with Gasteiger partial charge in [-0.25, -0.2) is 0 Å². The highest BCUT2D eigenvalue weighted by molar-refractivity contribution is 7.08. The van der Waals surface area contributed by atoms with Crippen LogP contribution in [0.2, 0.25) is 5.02 Å². The van der Waals surface area contributed by atoms with E-state index in [1.165, 1.54) is 0 Å². The van der Waals surface area contributed by atoms with Gasteiger partial charge < -0.3 is 9.26 Å². The summed E-state index contributed by atoms with van der Waals surface area (Å²) in [4.78, 5) is 6.48. The lowest BCUT2D eigenvalue weighted by Gasteiger charge is -2.14. The van der Waals surface area contributed by atoms with Crippen molar-refractivity contribution >= 4 is 22.9 Å². The van der Waals surface area contributed by atoms with Gasteiger partial charge in [0, 0.05) is 16.9 Å². The van der Waals surface area contributed by atoms with Crippen LogP contribution in [0.1, 0.15) is 5.82 Å². The molecule has 0 saturated carbocycles. The van der Waals surface area contributed by atoms with E-state index in [4.69, 9.17) is 20.9 Å². The third kappa shape index (κ3) is 4.54. The van der Waals surface area contributed by atoms with Gasteiger partial charge in [-0.2, -0.15) is 16.3 Å². The number of halogens is 1. The minimum absolute atomic E-state index is 0.562. The molecule has 7 heteroatoms. The molecular formula is C16H16ClN3O2S. The molecule has 2 aromatic heterocycles. The second kappa shape index (κ2) is 7.59. The Morgan fingerprint density at radius 3 is 2.83 bits per heavy atom. The number of hydrogen-bond acceptors (Lipinski definition) is 6. The van der Waals surface area contributed by atoms with Gasteiger partial charge in [-0.15, -0.1) is 0 Å². The van der Waals surface area contributed by atoms with Crippen LogP contribution in [0.4, 0.5) is 0 Å². The van der Waals surface area contributed by atoms with Gasteiger partial charge in [-0.1, -0.05) is 16.8 Å². The molecule has 0 bridgehead atoms. The van der Waals surface area contributed by atoms with Gasteiger partial charge in [0.25, 0.3) is 5.89 Å². The number of rotatable bonds is 7. The maximum atomic E-state index is 5.84. The van der Waals surface area contributed by atoms with Crippen molar-refractivity contribution in [2.24, 2.45) is 0 Å². The second-order valence-corrected chi connectivity index (χ2v) is 6.28. The smallest absolute Gasteiger partial charge is 0.258 e. The van der Waals surface area contributed by atoms with Crippen LogP contribution in [0.3, 0.4) is 0 Å². The van der Waals surface area contributed by atoms with Crippen LogP contribution >= 0.6 is 22.9 Å². The molecule has 0 saturated heterocycles. The summed E-state index contributed by atoms with van der Waals surface area (Å²) in [5.74, 6) is 2.04. The Morgan fingerprint density at radius 1 is 1.26 bits per heavy atom. The Kier molecular flexibility index (Phi) is 5.27. The number of benzene rings is 1. The highest BCUT2D eigenvalue weighted by Gasteiger charge is 2.11. The maximum Gasteiger partial charge on any atom is 0.258 e. The van der Waals surface area contributed by atoms with E-state index < -0.39 is 0 Å². The predicted octanol–water partition coefficient (Wildman–Crippen LogP) is 3.96. The maximum absolute atomic E-state index is 5.84. The first-order valence-corrected chi connectivity index (χ1v) is 8.45. The highest BCUT2D eigenvalue weighted by Crippen LogP contribution is 2.20. The minimum Gasteiger partial charge on any atom is -0.492 e. The van der Waals surface area contributed by atoms with Crippen LogP contribution in [0.5, 0.6) is 5.75 Å². The van der Waals surface area contributed by atoms with Crippen LogP contribution in [0.15, 0.2) is 45.6 Å². The van der Waals surface area contributed by atoms with Crippen LogP contribution in [0.25, 0.3) is 11.5 Å². The summed E-state index contributed by atoms with van der Waals surface area (Å²) in [5, 5.41) is 8.68. The highest BCUT2D eigenvalue weighted by atomic mass is 35.5. The largest absolute Gasteiger partial charge is 0.492 e. The van der Waals surface area contributed by atoms with Crippen molar-refractivity contribution in [3.8, 4) is 17.2 Å². The molecule has 120 valence electrons. The van der Waals surface area contributed by atoms with Crippen molar-refractivity contribution in [1.82, 2.24) is 15.0 Å². The number of nitrogens with zero attached hydrogens (tertiary/aromatic N) is 3. The van der Waals surface area contributed by atoms with Crippen LogP contribution in [-0.4, -0.2) is 35.2 Å². The lowest BCUT2D eigenvalue weighted by molar-refractivity contribution is 0.228. The molecule has 0 aliphatic heterocycles. The molecule has 2 heterocycles. The summed E-state index contributed by atoms with van der Waals surface area (Å²) < 4.78 is 10.9. The van der Waals surface area contributed by atoms with Crippen molar-refractivity contribution in [3.05, 3.63) is 51.9 Å². The van der Waals surface area contributed by atoms with E-state index in [9.17, 15) is 0 Å². The molecule has 1 aromatic carbocycles. The SMILES string of the molecule is CN(CCOc1ccc(Cl)cc1)Cc1noc(-c2ccsc2)n1. The Balaban J connectivity index is 1.46. The normalized spacial score (nSPS) is 11.1. The van der Waals surface area contributed by atoms with Gasteiger partial charge in [-0.3, -0.25) is 4.90 Å². The summed E-state index contributed by atoms with van der Waals surface area (Å²) in [6.07, 6.45) is 0. The number of ether oxygens (including phenoxy) is 1. The van der Waals surface area contributed by atoms with Gasteiger partial charge in [0.05, 0.1) is 12.1 Å². The van der Waals surface area contributed by atoms with Crippen molar-refractivity contribution in [3.63, 3.8) is 0 Å². The van der Waals surface area contributed by atoms with Gasteiger partial charge in [0.2, 0.25) is 0 Å². The Labute approximate surface area is 143 Å². The van der Waals surface area contributed by atoms with Crippen molar-refractivity contribution in [2.45, 2.75) is 6.54 Å². The Hall–Kier alpha value is -1.89. The third-order valence-corrected chi connectivity index (χ3v) is 4.14. The molecule has 5 nitrogen and oxygen atoms in total. The van der Waals surface area contributed by atoms with Crippen LogP contribution in [-0.2, 0) is 6.54 Å². The first-order valence-electron chi connectivity index (χ1n) is 7.13. The van der Waals surface area contributed by atoms with Gasteiger partial charge in [0.15, 0.2) is 5.82 Å². The molecule has 0 unspecified atom stereocenters. The Bertz CT molecular complexity index is 728. The molecule has 0 fully saturated rings. The van der Waals surface area contributed by atoms with Crippen molar-refractivity contribution in [2.75, 3.05) is 20.2 Å². The van der Waals surface area contributed by atoms with E-state index in [0.717, 1.165) is 17.9 Å². The van der Waals surface area contributed by atoms with E-state index in [-0.39, 0.29) is 0 Å². The fourth-order valence-electron chi connectivity index (χ4n) is 1.99. The molecule has 0 aliphatic rings. The number of aromatic nitrogens is 2. The van der Waals surface area contributed by atoms with E-state index in [1.54, 1.807) is 11.3 Å². The summed E-state index contributed by atoms with van der Waals surface area (Å²) in [7, 11) is 1.99. The van der Waals surface area contributed by atoms with E-state index in [0.29, 0.717) is 29.9 Å². The zero-order valence-corrected chi connectivity index (χ0v) is 14.2. The van der Waals surface area contributed by atoms with Gasteiger partial charge >= 0.3 is 0 Å². The first-order chi connectivity index (χ1) is 11.2. The Morgan fingerprint density at radius 2 is 2.09 bits per heavy atom. The third-order valence-electron chi connectivity index (χ3n) is 3.20. The molecular weight excluding hydrogens is 334 g/mol. The van der Waals surface area contributed by atoms with Gasteiger partial charge in [0.1, 0.15) is 12.4 Å². The van der Waals surface area contributed by atoms with Crippen molar-refractivity contribution in [1.29, 1.82) is 0 Å². The summed E-state index contributed by atoms with van der Waals surface area (Å²) in [6, 6.07) is 9.30. The number of thiophene rings is 1. The second-order valence-electron chi connectivity index (χ2n) is 5.07. The standard InChI is InChI=1S/C16H16ClN3O2S/c1-20(7-8-21-14-4-2-13(17)3-5-14)10-15-18-16(22-19-15)12-6-9-23-11-12/h2-6,9,11H,7-8,10H2,1H3. The molecule has 0 N–H and O–H groups in total. The number of likely N-dealkylation sites (N-methyl/N-ethyl adjacent to an activating group) is 1. The van der Waals surface area contributed by atoms with Crippen LogP contribution < -0.4 is 4.74 Å². The first kappa shape index (κ1) is 16.0. The fourth-order valence-corrected chi connectivity index (χ4v) is 2.75. The lowest BCUT2D eigenvalue weighted by atomic mass is 10.3. The average Bonchev–Trinajstić information content (AvgIpc) is 3.20. The molecule has 3 aromatic rings. The number of hydrogen-bond donors (Lipinski definition) is 0. The fraction of sp³-hybridized carbons (Fsp3) is 0.250. The molecule has 23 heavy (non-hydrogen) atoms. The quantitative estimate of drug-likeness (QED) is 0.646. The van der Waals surface area contributed by atoms with Gasteiger partial charge in [-0.05, 0) is 42.8 Å². The average molecular weight is 350 g/mol. The summed E-state index contributed by atoms with van der Waals surface area (Å²) in [5.41, 5.74) is 0.961. The zero-order chi connectivity index (χ0) is 16.1. The molecule has 0 aliphatic carbocycles. The van der Waals surface area contributed by atoms with E-state index in [1.807, 2.05) is 48.1 Å². The van der Waals surface area contributed by atoms with E-state index >= 15 is 0 Å². The summed E-state index contributed by atoms with van der Waals surface area (Å²) in [6.45, 7) is 1.94. The monoisotopic (exact) mass is 349 g/mol. The van der Waals surface area contributed by atoms with Crippen LogP contribution in [0, 0.1) is 0 Å². The zero-order valence-electron chi connectivity index (χ0n) is 12.6. The van der Waals surface area contributed by atoms with Crippen molar-refractivity contribution < 1.29 is 9.26 Å². The molecule has 0 radical (unpaired) electrons. The minimum atomic E-state index is 0.562. The van der Waals surface area contributed by atoms with E-state index in [2.05, 4.69) is 15.0 Å². The lowest BCUT2D eigenvalue weighted by Crippen LogP contribution is -2.24. The molecule has 3 rings (SSSR count).